The van der Waals surface area contributed by atoms with E-state index in [9.17, 15) is 12.8 Å². The Hall–Kier alpha value is -2.74. The average molecular weight is 316 g/mol. The number of imidazole rings is 1. The number of nitrogens with zero attached hydrogens (tertiary/aromatic N) is 3. The molecule has 110 valence electrons. The molecule has 6 nitrogen and oxygen atoms in total. The summed E-state index contributed by atoms with van der Waals surface area (Å²) >= 11 is 0. The van der Waals surface area contributed by atoms with E-state index in [1.807, 2.05) is 0 Å². The van der Waals surface area contributed by atoms with E-state index in [0.717, 1.165) is 10.2 Å². The van der Waals surface area contributed by atoms with E-state index in [4.69, 9.17) is 0 Å². The topological polar surface area (TPSA) is 80.6 Å². The summed E-state index contributed by atoms with van der Waals surface area (Å²) in [6.07, 6.45) is 3.77. The maximum absolute atomic E-state index is 14.3. The van der Waals surface area contributed by atoms with Crippen LogP contribution >= 0.6 is 0 Å². The fourth-order valence-corrected chi connectivity index (χ4v) is 3.73. The van der Waals surface area contributed by atoms with Gasteiger partial charge in [0.05, 0.1) is 34.5 Å². The molecule has 1 N–H and O–H groups in total. The molecular weight excluding hydrogens is 307 g/mol. The van der Waals surface area contributed by atoms with Crippen LogP contribution in [-0.2, 0) is 10.0 Å². The Morgan fingerprint density at radius 1 is 1.14 bits per heavy atom. The first-order valence-electron chi connectivity index (χ1n) is 6.38. The molecule has 3 aromatic heterocycles. The number of aromatic nitrogens is 4. The van der Waals surface area contributed by atoms with E-state index in [1.54, 1.807) is 18.2 Å². The number of pyridine rings is 1. The Morgan fingerprint density at radius 3 is 2.68 bits per heavy atom. The summed E-state index contributed by atoms with van der Waals surface area (Å²) in [5, 5.41) is 0.0817. The van der Waals surface area contributed by atoms with Crippen molar-refractivity contribution in [3.05, 3.63) is 54.9 Å². The lowest BCUT2D eigenvalue weighted by Crippen LogP contribution is -2.12. The maximum atomic E-state index is 14.3. The van der Waals surface area contributed by atoms with Crippen LogP contribution in [0.25, 0.3) is 22.1 Å². The summed E-state index contributed by atoms with van der Waals surface area (Å²) in [5.41, 5.74) is 0.909. The van der Waals surface area contributed by atoms with Crippen molar-refractivity contribution in [3.8, 4) is 0 Å². The Morgan fingerprint density at radius 2 is 1.91 bits per heavy atom. The van der Waals surface area contributed by atoms with Crippen LogP contribution in [0.2, 0.25) is 0 Å². The smallest absolute Gasteiger partial charge is 0.269 e. The second-order valence-electron chi connectivity index (χ2n) is 4.71. The monoisotopic (exact) mass is 316 g/mol. The Kier molecular flexibility index (Phi) is 2.58. The Bertz CT molecular complexity index is 1100. The van der Waals surface area contributed by atoms with Gasteiger partial charge in [-0.2, -0.15) is 0 Å². The summed E-state index contributed by atoms with van der Waals surface area (Å²) in [4.78, 5) is 11.0. The number of H-pyrrole nitrogens is 1. The average Bonchev–Trinajstić information content (AvgIpc) is 3.12. The van der Waals surface area contributed by atoms with Gasteiger partial charge in [-0.05, 0) is 12.1 Å². The number of benzene rings is 1. The van der Waals surface area contributed by atoms with Gasteiger partial charge in [0.1, 0.15) is 5.52 Å². The second kappa shape index (κ2) is 4.38. The quantitative estimate of drug-likeness (QED) is 0.615. The molecule has 0 spiro atoms. The molecule has 3 heterocycles. The van der Waals surface area contributed by atoms with Crippen LogP contribution in [0.5, 0.6) is 0 Å². The van der Waals surface area contributed by atoms with E-state index in [2.05, 4.69) is 15.0 Å². The molecule has 0 saturated carbocycles. The van der Waals surface area contributed by atoms with Crippen molar-refractivity contribution >= 4 is 32.1 Å². The summed E-state index contributed by atoms with van der Waals surface area (Å²) in [7, 11) is -3.92. The number of hydrogen-bond donors (Lipinski definition) is 1. The van der Waals surface area contributed by atoms with Gasteiger partial charge in [0, 0.05) is 0 Å². The molecule has 0 fully saturated rings. The van der Waals surface area contributed by atoms with Crippen LogP contribution in [0.15, 0.2) is 53.9 Å². The van der Waals surface area contributed by atoms with E-state index >= 15 is 0 Å². The van der Waals surface area contributed by atoms with Gasteiger partial charge < -0.3 is 4.98 Å². The fraction of sp³-hybridized carbons (Fsp3) is 0. The molecule has 0 saturated heterocycles. The Labute approximate surface area is 124 Å². The lowest BCUT2D eigenvalue weighted by atomic mass is 10.3. The summed E-state index contributed by atoms with van der Waals surface area (Å²) in [6, 6.07) is 7.82. The lowest BCUT2D eigenvalue weighted by molar-refractivity contribution is 0.585. The minimum atomic E-state index is -3.92. The van der Waals surface area contributed by atoms with Crippen LogP contribution in [-0.4, -0.2) is 27.3 Å². The molecule has 22 heavy (non-hydrogen) atoms. The number of nitrogens with one attached hydrogen (secondary N) is 1. The molecule has 0 aliphatic heterocycles. The number of aromatic amines is 1. The molecule has 8 heteroatoms. The first kappa shape index (κ1) is 13.0. The highest BCUT2D eigenvalue weighted by Crippen LogP contribution is 2.28. The number of halogens is 1. The lowest BCUT2D eigenvalue weighted by Gasteiger charge is -2.06. The SMILES string of the molecule is O=S(=O)(c1ccccc1)n1cc(F)c2c3nc[nH]c3cnc21. The number of fused-ring (bicyclic) bond motifs is 3. The van der Waals surface area contributed by atoms with Gasteiger partial charge in [0.25, 0.3) is 10.0 Å². The highest BCUT2D eigenvalue weighted by atomic mass is 32.2. The van der Waals surface area contributed by atoms with Crippen molar-refractivity contribution in [1.82, 2.24) is 18.9 Å². The minimum absolute atomic E-state index is 0.0148. The normalized spacial score (nSPS) is 12.2. The third kappa shape index (κ3) is 1.67. The minimum Gasteiger partial charge on any atom is -0.343 e. The van der Waals surface area contributed by atoms with Crippen LogP contribution < -0.4 is 0 Å². The summed E-state index contributed by atoms with van der Waals surface area (Å²) in [5.74, 6) is -0.681. The zero-order chi connectivity index (χ0) is 15.3. The fourth-order valence-electron chi connectivity index (χ4n) is 2.40. The van der Waals surface area contributed by atoms with Gasteiger partial charge in [-0.3, -0.25) is 0 Å². The Balaban J connectivity index is 2.08. The standard InChI is InChI=1S/C14H9FN4O2S/c15-10-7-19(22(20,21)9-4-2-1-3-5-9)14-12(10)13-11(6-16-14)17-8-18-13/h1-8H,(H,17,18). The maximum Gasteiger partial charge on any atom is 0.269 e. The van der Waals surface area contributed by atoms with Gasteiger partial charge in [0.15, 0.2) is 11.5 Å². The van der Waals surface area contributed by atoms with E-state index in [-0.39, 0.29) is 15.9 Å². The van der Waals surface area contributed by atoms with E-state index in [0.29, 0.717) is 11.0 Å². The summed E-state index contributed by atoms with van der Waals surface area (Å²) in [6.45, 7) is 0. The summed E-state index contributed by atoms with van der Waals surface area (Å²) < 4.78 is 40.5. The molecular formula is C14H9FN4O2S. The van der Waals surface area contributed by atoms with Crippen LogP contribution in [0.1, 0.15) is 0 Å². The van der Waals surface area contributed by atoms with E-state index in [1.165, 1.54) is 24.7 Å². The largest absolute Gasteiger partial charge is 0.343 e. The van der Waals surface area contributed by atoms with Crippen molar-refractivity contribution in [2.45, 2.75) is 4.90 Å². The molecule has 1 aromatic carbocycles. The van der Waals surface area contributed by atoms with Crippen LogP contribution in [0.3, 0.4) is 0 Å². The van der Waals surface area contributed by atoms with Gasteiger partial charge in [0.2, 0.25) is 0 Å². The molecule has 0 atom stereocenters. The van der Waals surface area contributed by atoms with Gasteiger partial charge in [-0.1, -0.05) is 18.2 Å². The van der Waals surface area contributed by atoms with Crippen molar-refractivity contribution in [3.63, 3.8) is 0 Å². The van der Waals surface area contributed by atoms with Gasteiger partial charge >= 0.3 is 0 Å². The third-order valence-corrected chi connectivity index (χ3v) is 5.09. The van der Waals surface area contributed by atoms with Gasteiger partial charge in [-0.25, -0.2) is 26.7 Å². The zero-order valence-corrected chi connectivity index (χ0v) is 11.9. The first-order chi connectivity index (χ1) is 10.6. The van der Waals surface area contributed by atoms with Crippen molar-refractivity contribution in [1.29, 1.82) is 0 Å². The predicted molar refractivity (Wildman–Crippen MR) is 78.4 cm³/mol. The molecule has 0 bridgehead atoms. The highest BCUT2D eigenvalue weighted by molar-refractivity contribution is 7.90. The zero-order valence-electron chi connectivity index (χ0n) is 11.1. The van der Waals surface area contributed by atoms with Crippen LogP contribution in [0.4, 0.5) is 4.39 Å². The number of hydrogen-bond acceptors (Lipinski definition) is 4. The second-order valence-corrected chi connectivity index (χ2v) is 6.53. The molecule has 0 aliphatic rings. The molecule has 0 aliphatic carbocycles. The third-order valence-electron chi connectivity index (χ3n) is 3.42. The van der Waals surface area contributed by atoms with E-state index < -0.39 is 15.8 Å². The predicted octanol–water partition coefficient (Wildman–Crippen LogP) is 2.29. The molecule has 4 rings (SSSR count). The first-order valence-corrected chi connectivity index (χ1v) is 7.82. The molecule has 0 radical (unpaired) electrons. The van der Waals surface area contributed by atoms with Crippen molar-refractivity contribution in [2.24, 2.45) is 0 Å². The van der Waals surface area contributed by atoms with Crippen LogP contribution in [0, 0.1) is 5.82 Å². The molecule has 0 unspecified atom stereocenters. The van der Waals surface area contributed by atoms with Gasteiger partial charge in [-0.15, -0.1) is 0 Å². The van der Waals surface area contributed by atoms with Crippen molar-refractivity contribution < 1.29 is 12.8 Å². The highest BCUT2D eigenvalue weighted by Gasteiger charge is 2.24. The molecule has 4 aromatic rings. The number of rotatable bonds is 2. The molecule has 0 amide bonds. The van der Waals surface area contributed by atoms with Crippen molar-refractivity contribution in [2.75, 3.05) is 0 Å².